The molecule has 34 heavy (non-hydrogen) atoms. The SMILES string of the molecule is CCOC(=O)c1c(NC(=O)CCSc2nnc3cc(C)c4ccccc4n23)oc(C)c1C(C)=O. The zero-order valence-electron chi connectivity index (χ0n) is 19.3. The van der Waals surface area contributed by atoms with Crippen LogP contribution in [0.3, 0.4) is 0 Å². The van der Waals surface area contributed by atoms with Gasteiger partial charge in [0, 0.05) is 17.6 Å². The van der Waals surface area contributed by atoms with Crippen LogP contribution in [0.4, 0.5) is 5.88 Å². The first-order valence-corrected chi connectivity index (χ1v) is 11.8. The molecule has 1 amide bonds. The molecule has 3 aromatic heterocycles. The molecule has 0 saturated heterocycles. The van der Waals surface area contributed by atoms with Crippen molar-refractivity contribution in [2.45, 2.75) is 39.3 Å². The third kappa shape index (κ3) is 4.41. The van der Waals surface area contributed by atoms with Crippen LogP contribution in [0, 0.1) is 13.8 Å². The summed E-state index contributed by atoms with van der Waals surface area (Å²) < 4.78 is 12.5. The lowest BCUT2D eigenvalue weighted by Gasteiger charge is -2.08. The van der Waals surface area contributed by atoms with Crippen LogP contribution in [0.1, 0.15) is 52.3 Å². The van der Waals surface area contributed by atoms with Gasteiger partial charge in [0.2, 0.25) is 11.8 Å². The summed E-state index contributed by atoms with van der Waals surface area (Å²) >= 11 is 1.40. The number of hydrogen-bond donors (Lipinski definition) is 1. The lowest BCUT2D eigenvalue weighted by molar-refractivity contribution is -0.115. The predicted octanol–water partition coefficient (Wildman–Crippen LogP) is 4.59. The van der Waals surface area contributed by atoms with Crippen molar-refractivity contribution in [1.82, 2.24) is 14.6 Å². The van der Waals surface area contributed by atoms with E-state index in [0.29, 0.717) is 10.9 Å². The summed E-state index contributed by atoms with van der Waals surface area (Å²) in [6.07, 6.45) is 0.126. The predicted molar refractivity (Wildman–Crippen MR) is 129 cm³/mol. The molecule has 0 unspecified atom stereocenters. The van der Waals surface area contributed by atoms with Gasteiger partial charge in [-0.1, -0.05) is 30.0 Å². The van der Waals surface area contributed by atoms with E-state index in [0.717, 1.165) is 22.1 Å². The Bertz CT molecular complexity index is 1420. The van der Waals surface area contributed by atoms with E-state index in [1.807, 2.05) is 41.7 Å². The number of Topliss-reactive ketones (excluding diaryl/α,β-unsaturated/α-hetero) is 1. The maximum Gasteiger partial charge on any atom is 0.344 e. The van der Waals surface area contributed by atoms with Crippen LogP contribution in [-0.2, 0) is 9.53 Å². The molecule has 0 aliphatic carbocycles. The highest BCUT2D eigenvalue weighted by molar-refractivity contribution is 7.99. The quantitative estimate of drug-likeness (QED) is 0.221. The van der Waals surface area contributed by atoms with Crippen LogP contribution in [0.2, 0.25) is 0 Å². The standard InChI is InChI=1S/C24H24N4O5S/c1-5-32-23(31)21-20(14(3)29)15(4)33-22(21)25-19(30)10-11-34-24-27-26-18-12-13(2)16-8-6-7-9-17(16)28(18)24/h6-9,12H,5,10-11H2,1-4H3,(H,25,30). The van der Waals surface area contributed by atoms with E-state index in [2.05, 4.69) is 15.5 Å². The number of thioether (sulfide) groups is 1. The highest BCUT2D eigenvalue weighted by atomic mass is 32.2. The highest BCUT2D eigenvalue weighted by Crippen LogP contribution is 2.29. The normalized spacial score (nSPS) is 11.2. The Hall–Kier alpha value is -3.66. The molecule has 0 atom stereocenters. The molecule has 10 heteroatoms. The van der Waals surface area contributed by atoms with Crippen molar-refractivity contribution < 1.29 is 23.5 Å². The number of carbonyl (C=O) groups excluding carboxylic acids is 3. The fraction of sp³-hybridized carbons (Fsp3) is 0.292. The van der Waals surface area contributed by atoms with Gasteiger partial charge in [-0.05, 0) is 45.4 Å². The van der Waals surface area contributed by atoms with Gasteiger partial charge in [-0.15, -0.1) is 10.2 Å². The van der Waals surface area contributed by atoms with Crippen molar-refractivity contribution in [2.24, 2.45) is 0 Å². The minimum absolute atomic E-state index is 0.0573. The van der Waals surface area contributed by atoms with E-state index >= 15 is 0 Å². The average molecular weight is 481 g/mol. The maximum atomic E-state index is 12.6. The molecular weight excluding hydrogens is 456 g/mol. The molecular formula is C24H24N4O5S. The molecule has 4 aromatic rings. The molecule has 0 spiro atoms. The lowest BCUT2D eigenvalue weighted by atomic mass is 10.1. The van der Waals surface area contributed by atoms with E-state index in [1.165, 1.54) is 18.7 Å². The number of hydrogen-bond acceptors (Lipinski definition) is 8. The number of benzene rings is 1. The Kier molecular flexibility index (Phi) is 6.69. The lowest BCUT2D eigenvalue weighted by Crippen LogP contribution is -2.16. The third-order valence-corrected chi connectivity index (χ3v) is 6.23. The molecule has 1 aromatic carbocycles. The summed E-state index contributed by atoms with van der Waals surface area (Å²) in [5, 5.41) is 12.9. The van der Waals surface area contributed by atoms with Gasteiger partial charge >= 0.3 is 5.97 Å². The van der Waals surface area contributed by atoms with Crippen molar-refractivity contribution >= 4 is 51.9 Å². The van der Waals surface area contributed by atoms with E-state index in [4.69, 9.17) is 9.15 Å². The van der Waals surface area contributed by atoms with Crippen LogP contribution in [0.5, 0.6) is 0 Å². The number of aromatic nitrogens is 3. The number of aryl methyl sites for hydroxylation is 2. The Balaban J connectivity index is 1.49. The zero-order valence-corrected chi connectivity index (χ0v) is 20.1. The summed E-state index contributed by atoms with van der Waals surface area (Å²) in [5.74, 6) is -0.838. The Morgan fingerprint density at radius 2 is 1.91 bits per heavy atom. The number of nitrogens with zero attached hydrogens (tertiary/aromatic N) is 3. The van der Waals surface area contributed by atoms with Crippen LogP contribution < -0.4 is 5.32 Å². The maximum absolute atomic E-state index is 12.6. The third-order valence-electron chi connectivity index (χ3n) is 5.30. The molecule has 0 saturated carbocycles. The Morgan fingerprint density at radius 1 is 1.15 bits per heavy atom. The number of nitrogens with one attached hydrogen (secondary N) is 1. The first-order chi connectivity index (χ1) is 16.3. The smallest absolute Gasteiger partial charge is 0.344 e. The summed E-state index contributed by atoms with van der Waals surface area (Å²) in [4.78, 5) is 37.0. The average Bonchev–Trinajstić information content (AvgIpc) is 3.34. The number of ketones is 1. The Labute approximate surface area is 199 Å². The van der Waals surface area contributed by atoms with Crippen molar-refractivity contribution in [3.05, 3.63) is 52.8 Å². The fourth-order valence-electron chi connectivity index (χ4n) is 3.85. The number of furan rings is 1. The van der Waals surface area contributed by atoms with Crippen molar-refractivity contribution in [2.75, 3.05) is 17.7 Å². The molecule has 0 bridgehead atoms. The Morgan fingerprint density at radius 3 is 2.65 bits per heavy atom. The van der Waals surface area contributed by atoms with E-state index in [9.17, 15) is 14.4 Å². The molecule has 176 valence electrons. The summed E-state index contributed by atoms with van der Waals surface area (Å²) in [5.41, 5.74) is 2.90. The van der Waals surface area contributed by atoms with Crippen molar-refractivity contribution in [3.63, 3.8) is 0 Å². The second-order valence-electron chi connectivity index (χ2n) is 7.68. The van der Waals surface area contributed by atoms with Crippen LogP contribution in [0.25, 0.3) is 16.6 Å². The van der Waals surface area contributed by atoms with Gasteiger partial charge in [0.1, 0.15) is 11.3 Å². The molecule has 4 rings (SSSR count). The second-order valence-corrected chi connectivity index (χ2v) is 8.74. The molecule has 9 nitrogen and oxygen atoms in total. The summed E-state index contributed by atoms with van der Waals surface area (Å²) in [7, 11) is 0. The fourth-order valence-corrected chi connectivity index (χ4v) is 4.74. The van der Waals surface area contributed by atoms with Gasteiger partial charge < -0.3 is 9.15 Å². The first-order valence-electron chi connectivity index (χ1n) is 10.8. The number of ether oxygens (including phenoxy) is 1. The highest BCUT2D eigenvalue weighted by Gasteiger charge is 2.28. The summed E-state index contributed by atoms with van der Waals surface area (Å²) in [6, 6.07) is 9.99. The molecule has 0 fully saturated rings. The van der Waals surface area contributed by atoms with Crippen molar-refractivity contribution in [1.29, 1.82) is 0 Å². The number of carbonyl (C=O) groups is 3. The monoisotopic (exact) mass is 480 g/mol. The van der Waals surface area contributed by atoms with Gasteiger partial charge in [-0.2, -0.15) is 0 Å². The van der Waals surface area contributed by atoms with E-state index in [1.54, 1.807) is 13.8 Å². The van der Waals surface area contributed by atoms with Gasteiger partial charge in [0.25, 0.3) is 0 Å². The number of esters is 1. The number of anilines is 1. The van der Waals surface area contributed by atoms with Crippen LogP contribution >= 0.6 is 11.8 Å². The second kappa shape index (κ2) is 9.68. The largest absolute Gasteiger partial charge is 0.462 e. The minimum atomic E-state index is -0.716. The van der Waals surface area contributed by atoms with Gasteiger partial charge in [0.15, 0.2) is 16.6 Å². The zero-order chi connectivity index (χ0) is 24.4. The van der Waals surface area contributed by atoms with Crippen LogP contribution in [-0.4, -0.2) is 44.6 Å². The number of pyridine rings is 1. The molecule has 3 heterocycles. The molecule has 0 radical (unpaired) electrons. The summed E-state index contributed by atoms with van der Waals surface area (Å²) in [6.45, 7) is 6.72. The first kappa shape index (κ1) is 23.5. The topological polar surface area (TPSA) is 116 Å². The van der Waals surface area contributed by atoms with E-state index in [-0.39, 0.29) is 47.5 Å². The van der Waals surface area contributed by atoms with Crippen molar-refractivity contribution in [3.8, 4) is 0 Å². The molecule has 1 N–H and O–H groups in total. The van der Waals surface area contributed by atoms with Gasteiger partial charge in [-0.3, -0.25) is 19.3 Å². The number of fused-ring (bicyclic) bond motifs is 3. The minimum Gasteiger partial charge on any atom is -0.462 e. The van der Waals surface area contributed by atoms with Crippen LogP contribution in [0.15, 0.2) is 39.9 Å². The van der Waals surface area contributed by atoms with Gasteiger partial charge in [0.05, 0.1) is 17.7 Å². The van der Waals surface area contributed by atoms with Gasteiger partial charge in [-0.25, -0.2) is 4.79 Å². The van der Waals surface area contributed by atoms with E-state index < -0.39 is 5.97 Å². The molecule has 0 aliphatic heterocycles. The number of rotatable bonds is 8. The molecule has 0 aliphatic rings. The number of amides is 1. The number of para-hydroxylation sites is 1.